The van der Waals surface area contributed by atoms with Crippen LogP contribution >= 0.6 is 0 Å². The second-order valence-electron chi connectivity index (χ2n) is 7.31. The summed E-state index contributed by atoms with van der Waals surface area (Å²) in [5.74, 6) is 0.479. The van der Waals surface area contributed by atoms with E-state index in [4.69, 9.17) is 0 Å². The maximum Gasteiger partial charge on any atom is 0.323 e. The molecule has 1 aromatic carbocycles. The lowest BCUT2D eigenvalue weighted by Gasteiger charge is -2.25. The SMILES string of the molecule is CC(c1c[nH]c2ccccc12)N(C)C(=O)/C=C/c1cnc2c(c1)CN(C)C(=O)N2. The van der Waals surface area contributed by atoms with Gasteiger partial charge in [-0.05, 0) is 36.3 Å². The fourth-order valence-corrected chi connectivity index (χ4v) is 3.50. The molecule has 1 atom stereocenters. The molecular weight excluding hydrogens is 366 g/mol. The lowest BCUT2D eigenvalue weighted by Crippen LogP contribution is -2.35. The number of carbonyl (C=O) groups is 2. The molecule has 0 spiro atoms. The highest BCUT2D eigenvalue weighted by molar-refractivity contribution is 5.93. The highest BCUT2D eigenvalue weighted by atomic mass is 16.2. The van der Waals surface area contributed by atoms with E-state index in [9.17, 15) is 9.59 Å². The molecule has 148 valence electrons. The number of H-pyrrole nitrogens is 1. The van der Waals surface area contributed by atoms with Crippen molar-refractivity contribution in [2.75, 3.05) is 19.4 Å². The van der Waals surface area contributed by atoms with Gasteiger partial charge in [-0.25, -0.2) is 9.78 Å². The molecule has 7 nitrogen and oxygen atoms in total. The number of hydrogen-bond donors (Lipinski definition) is 2. The first-order valence-corrected chi connectivity index (χ1v) is 9.46. The fourth-order valence-electron chi connectivity index (χ4n) is 3.50. The summed E-state index contributed by atoms with van der Waals surface area (Å²) in [7, 11) is 3.53. The number of nitrogens with zero attached hydrogens (tertiary/aromatic N) is 3. The zero-order chi connectivity index (χ0) is 20.5. The van der Waals surface area contributed by atoms with Crippen LogP contribution in [-0.4, -0.2) is 45.8 Å². The third-order valence-corrected chi connectivity index (χ3v) is 5.39. The van der Waals surface area contributed by atoms with Crippen molar-refractivity contribution in [1.29, 1.82) is 0 Å². The minimum absolute atomic E-state index is 0.0752. The number of benzene rings is 1. The topological polar surface area (TPSA) is 81.3 Å². The summed E-state index contributed by atoms with van der Waals surface area (Å²) < 4.78 is 0. The highest BCUT2D eigenvalue weighted by Crippen LogP contribution is 2.27. The zero-order valence-corrected chi connectivity index (χ0v) is 16.6. The van der Waals surface area contributed by atoms with Crippen molar-refractivity contribution >= 4 is 34.7 Å². The van der Waals surface area contributed by atoms with E-state index in [-0.39, 0.29) is 18.0 Å². The van der Waals surface area contributed by atoms with E-state index in [0.717, 1.165) is 27.6 Å². The van der Waals surface area contributed by atoms with Crippen LogP contribution in [0.5, 0.6) is 0 Å². The predicted octanol–water partition coefficient (Wildman–Crippen LogP) is 3.77. The molecule has 2 aromatic heterocycles. The van der Waals surface area contributed by atoms with Crippen LogP contribution in [0.3, 0.4) is 0 Å². The van der Waals surface area contributed by atoms with Crippen molar-refractivity contribution in [2.24, 2.45) is 0 Å². The monoisotopic (exact) mass is 389 g/mol. The Balaban J connectivity index is 1.49. The Labute approximate surface area is 169 Å². The molecule has 0 saturated heterocycles. The largest absolute Gasteiger partial charge is 0.361 e. The van der Waals surface area contributed by atoms with E-state index in [1.165, 1.54) is 0 Å². The first-order valence-electron chi connectivity index (χ1n) is 9.46. The van der Waals surface area contributed by atoms with E-state index in [2.05, 4.69) is 21.4 Å². The standard InChI is InChI=1S/C22H23N5O2/c1-14(18-12-23-19-7-5-4-6-17(18)19)27(3)20(28)9-8-15-10-16-13-26(2)22(29)25-21(16)24-11-15/h4-12,14,23H,13H2,1-3H3,(H,24,25,29)/b9-8+. The summed E-state index contributed by atoms with van der Waals surface area (Å²) in [5.41, 5.74) is 3.87. The average molecular weight is 389 g/mol. The molecule has 1 unspecified atom stereocenters. The number of anilines is 1. The van der Waals surface area contributed by atoms with E-state index in [0.29, 0.717) is 12.4 Å². The van der Waals surface area contributed by atoms with Crippen molar-refractivity contribution < 1.29 is 9.59 Å². The van der Waals surface area contributed by atoms with Crippen LogP contribution in [-0.2, 0) is 11.3 Å². The van der Waals surface area contributed by atoms with Crippen molar-refractivity contribution in [3.8, 4) is 0 Å². The molecule has 0 bridgehead atoms. The summed E-state index contributed by atoms with van der Waals surface area (Å²) in [6.07, 6.45) is 6.92. The van der Waals surface area contributed by atoms with Gasteiger partial charge in [-0.1, -0.05) is 18.2 Å². The molecule has 3 aromatic rings. The molecule has 0 saturated carbocycles. The normalized spacial score (nSPS) is 14.7. The summed E-state index contributed by atoms with van der Waals surface area (Å²) in [6.45, 7) is 2.50. The molecule has 0 fully saturated rings. The molecule has 0 radical (unpaired) electrons. The Morgan fingerprint density at radius 2 is 2.14 bits per heavy atom. The first-order chi connectivity index (χ1) is 13.9. The number of aromatic nitrogens is 2. The van der Waals surface area contributed by atoms with E-state index in [1.807, 2.05) is 37.4 Å². The molecule has 0 aliphatic carbocycles. The second-order valence-corrected chi connectivity index (χ2v) is 7.31. The summed E-state index contributed by atoms with van der Waals surface area (Å²) in [6, 6.07) is 9.75. The molecular formula is C22H23N5O2. The Hall–Kier alpha value is -3.61. The number of rotatable bonds is 4. The van der Waals surface area contributed by atoms with Crippen LogP contribution in [0, 0.1) is 0 Å². The molecule has 3 heterocycles. The van der Waals surface area contributed by atoms with Crippen LogP contribution in [0.25, 0.3) is 17.0 Å². The number of likely N-dealkylation sites (N-methyl/N-ethyl adjacent to an activating group) is 1. The number of aromatic amines is 1. The van der Waals surface area contributed by atoms with Gasteiger partial charge in [-0.15, -0.1) is 0 Å². The van der Waals surface area contributed by atoms with Gasteiger partial charge < -0.3 is 14.8 Å². The molecule has 29 heavy (non-hydrogen) atoms. The minimum Gasteiger partial charge on any atom is -0.361 e. The van der Waals surface area contributed by atoms with Gasteiger partial charge in [0.05, 0.1) is 12.6 Å². The number of amides is 3. The highest BCUT2D eigenvalue weighted by Gasteiger charge is 2.21. The van der Waals surface area contributed by atoms with Gasteiger partial charge in [-0.2, -0.15) is 0 Å². The first kappa shape index (κ1) is 18.7. The van der Waals surface area contributed by atoms with Gasteiger partial charge in [0.2, 0.25) is 5.91 Å². The van der Waals surface area contributed by atoms with Crippen molar-refractivity contribution in [1.82, 2.24) is 19.8 Å². The number of urea groups is 1. The van der Waals surface area contributed by atoms with Crippen LogP contribution < -0.4 is 5.32 Å². The Morgan fingerprint density at radius 1 is 1.34 bits per heavy atom. The molecule has 1 aliphatic heterocycles. The van der Waals surface area contributed by atoms with Crippen molar-refractivity contribution in [3.63, 3.8) is 0 Å². The number of carbonyl (C=O) groups excluding carboxylic acids is 2. The second kappa shape index (κ2) is 7.43. The molecule has 7 heteroatoms. The van der Waals surface area contributed by atoms with Gasteiger partial charge in [0, 0.05) is 49.0 Å². The quantitative estimate of drug-likeness (QED) is 0.667. The Kier molecular flexibility index (Phi) is 4.80. The maximum atomic E-state index is 12.7. The summed E-state index contributed by atoms with van der Waals surface area (Å²) in [5, 5.41) is 3.86. The molecule has 1 aliphatic rings. The number of hydrogen-bond acceptors (Lipinski definition) is 3. The Bertz CT molecular complexity index is 1120. The third-order valence-electron chi connectivity index (χ3n) is 5.39. The lowest BCUT2D eigenvalue weighted by atomic mass is 10.1. The number of nitrogens with one attached hydrogen (secondary N) is 2. The number of fused-ring (bicyclic) bond motifs is 2. The zero-order valence-electron chi connectivity index (χ0n) is 16.6. The molecule has 2 N–H and O–H groups in total. The van der Waals surface area contributed by atoms with Crippen LogP contribution in [0.15, 0.2) is 48.8 Å². The van der Waals surface area contributed by atoms with Gasteiger partial charge in [0.25, 0.3) is 0 Å². The van der Waals surface area contributed by atoms with E-state index < -0.39 is 0 Å². The van der Waals surface area contributed by atoms with Crippen molar-refractivity contribution in [3.05, 3.63) is 65.5 Å². The van der Waals surface area contributed by atoms with Gasteiger partial charge in [-0.3, -0.25) is 10.1 Å². The lowest BCUT2D eigenvalue weighted by molar-refractivity contribution is -0.126. The van der Waals surface area contributed by atoms with Gasteiger partial charge in [0.15, 0.2) is 0 Å². The number of pyridine rings is 1. The molecule has 4 rings (SSSR count). The molecule has 3 amide bonds. The Morgan fingerprint density at radius 3 is 2.97 bits per heavy atom. The average Bonchev–Trinajstić information content (AvgIpc) is 3.16. The third kappa shape index (κ3) is 3.59. The summed E-state index contributed by atoms with van der Waals surface area (Å²) >= 11 is 0. The van der Waals surface area contributed by atoms with Crippen molar-refractivity contribution in [2.45, 2.75) is 19.5 Å². The maximum absolute atomic E-state index is 12.7. The smallest absolute Gasteiger partial charge is 0.323 e. The van der Waals surface area contributed by atoms with Crippen LogP contribution in [0.2, 0.25) is 0 Å². The van der Waals surface area contributed by atoms with Crippen LogP contribution in [0.4, 0.5) is 10.6 Å². The minimum atomic E-state index is -0.170. The van der Waals surface area contributed by atoms with Gasteiger partial charge >= 0.3 is 6.03 Å². The van der Waals surface area contributed by atoms with E-state index in [1.54, 1.807) is 42.2 Å². The number of para-hydroxylation sites is 1. The summed E-state index contributed by atoms with van der Waals surface area (Å²) in [4.78, 5) is 35.3. The predicted molar refractivity (Wildman–Crippen MR) is 113 cm³/mol. The van der Waals surface area contributed by atoms with E-state index >= 15 is 0 Å². The van der Waals surface area contributed by atoms with Crippen LogP contribution in [0.1, 0.15) is 29.7 Å². The van der Waals surface area contributed by atoms with Gasteiger partial charge in [0.1, 0.15) is 5.82 Å². The fraction of sp³-hybridized carbons (Fsp3) is 0.227.